The van der Waals surface area contributed by atoms with Crippen molar-refractivity contribution in [2.75, 3.05) is 30.9 Å². The predicted octanol–water partition coefficient (Wildman–Crippen LogP) is 2.74. The molecule has 0 aliphatic carbocycles. The van der Waals surface area contributed by atoms with Crippen molar-refractivity contribution >= 4 is 29.0 Å². The van der Waals surface area contributed by atoms with Crippen molar-refractivity contribution in [2.45, 2.75) is 26.3 Å². The number of nitrogen functional groups attached to an aromatic ring is 1. The molecule has 174 valence electrons. The summed E-state index contributed by atoms with van der Waals surface area (Å²) in [5.41, 5.74) is 7.54. The molecule has 2 aromatic carbocycles. The van der Waals surface area contributed by atoms with E-state index in [4.69, 9.17) is 22.1 Å². The molecule has 1 amide bonds. The summed E-state index contributed by atoms with van der Waals surface area (Å²) < 4.78 is 6.38. The van der Waals surface area contributed by atoms with Crippen molar-refractivity contribution < 1.29 is 9.53 Å². The van der Waals surface area contributed by atoms with Crippen LogP contribution in [-0.4, -0.2) is 35.7 Å². The second-order valence-corrected chi connectivity index (χ2v) is 8.09. The van der Waals surface area contributed by atoms with E-state index in [1.807, 2.05) is 55.5 Å². The lowest BCUT2D eigenvalue weighted by Crippen LogP contribution is -2.42. The summed E-state index contributed by atoms with van der Waals surface area (Å²) in [6, 6.07) is 14.9. The number of aromatic nitrogens is 2. The molecule has 0 fully saturated rings. The van der Waals surface area contributed by atoms with E-state index in [1.54, 1.807) is 0 Å². The van der Waals surface area contributed by atoms with Gasteiger partial charge in [-0.1, -0.05) is 54.1 Å². The number of anilines is 2. The molecule has 3 rings (SSSR count). The monoisotopic (exact) mass is 470 g/mol. The number of hydrogen-bond acceptors (Lipinski definition) is 5. The van der Waals surface area contributed by atoms with E-state index >= 15 is 0 Å². The standard InChI is InChI=1S/C24H27ClN4O4/c1-16-8-9-17(14-19(16)25)10-11-20(30)28(12-13-33-2)21-22(26)29(24(32)27-23(21)31)15-18-6-4-3-5-7-18/h3-9,14H,10-13,15,26H2,1-2H3,(H,27,31,32). The Morgan fingerprint density at radius 2 is 1.88 bits per heavy atom. The van der Waals surface area contributed by atoms with E-state index in [0.717, 1.165) is 16.7 Å². The maximum absolute atomic E-state index is 13.2. The first-order valence-corrected chi connectivity index (χ1v) is 10.9. The number of aryl methyl sites for hydroxylation is 2. The normalized spacial score (nSPS) is 10.9. The van der Waals surface area contributed by atoms with Crippen molar-refractivity contribution in [1.82, 2.24) is 9.55 Å². The topological polar surface area (TPSA) is 110 Å². The van der Waals surface area contributed by atoms with Crippen molar-refractivity contribution in [3.63, 3.8) is 0 Å². The molecule has 0 saturated heterocycles. The van der Waals surface area contributed by atoms with E-state index in [2.05, 4.69) is 4.98 Å². The van der Waals surface area contributed by atoms with Crippen LogP contribution in [0.15, 0.2) is 58.1 Å². The lowest BCUT2D eigenvalue weighted by Gasteiger charge is -2.24. The molecule has 3 N–H and O–H groups in total. The summed E-state index contributed by atoms with van der Waals surface area (Å²) in [7, 11) is 1.50. The zero-order chi connectivity index (χ0) is 24.0. The molecule has 0 aliphatic heterocycles. The average molecular weight is 471 g/mol. The number of carbonyl (C=O) groups excluding carboxylic acids is 1. The zero-order valence-electron chi connectivity index (χ0n) is 18.6. The van der Waals surface area contributed by atoms with Gasteiger partial charge in [-0.2, -0.15) is 0 Å². The number of hydrogen-bond donors (Lipinski definition) is 2. The van der Waals surface area contributed by atoms with Crippen molar-refractivity contribution in [3.05, 3.63) is 91.1 Å². The van der Waals surface area contributed by atoms with Crippen LogP contribution in [0, 0.1) is 6.92 Å². The summed E-state index contributed by atoms with van der Waals surface area (Å²) in [5.74, 6) is -0.388. The van der Waals surface area contributed by atoms with Gasteiger partial charge in [0, 0.05) is 25.1 Å². The number of benzene rings is 2. The van der Waals surface area contributed by atoms with Gasteiger partial charge in [-0.25, -0.2) is 4.79 Å². The third kappa shape index (κ3) is 5.91. The number of ether oxygens (including phenoxy) is 1. The fourth-order valence-corrected chi connectivity index (χ4v) is 3.69. The van der Waals surface area contributed by atoms with Gasteiger partial charge in [0.1, 0.15) is 5.82 Å². The first kappa shape index (κ1) is 24.3. The van der Waals surface area contributed by atoms with Gasteiger partial charge in [0.05, 0.1) is 13.2 Å². The van der Waals surface area contributed by atoms with Crippen molar-refractivity contribution in [1.29, 1.82) is 0 Å². The van der Waals surface area contributed by atoms with Crippen LogP contribution in [0.2, 0.25) is 5.02 Å². The number of rotatable bonds is 9. The summed E-state index contributed by atoms with van der Waals surface area (Å²) in [6.45, 7) is 2.37. The first-order chi connectivity index (χ1) is 15.8. The van der Waals surface area contributed by atoms with Crippen LogP contribution < -0.4 is 21.9 Å². The number of methoxy groups -OCH3 is 1. The molecule has 9 heteroatoms. The molecule has 0 radical (unpaired) electrons. The molecule has 0 spiro atoms. The largest absolute Gasteiger partial charge is 0.383 e. The van der Waals surface area contributed by atoms with Gasteiger partial charge >= 0.3 is 5.69 Å². The number of aromatic amines is 1. The van der Waals surface area contributed by atoms with Gasteiger partial charge in [0.15, 0.2) is 5.69 Å². The molecule has 1 heterocycles. The Morgan fingerprint density at radius 1 is 1.15 bits per heavy atom. The number of amides is 1. The minimum Gasteiger partial charge on any atom is -0.383 e. The number of nitrogens with zero attached hydrogens (tertiary/aromatic N) is 2. The highest BCUT2D eigenvalue weighted by Gasteiger charge is 2.24. The number of carbonyl (C=O) groups is 1. The molecule has 33 heavy (non-hydrogen) atoms. The summed E-state index contributed by atoms with van der Waals surface area (Å²) >= 11 is 6.19. The molecule has 1 aromatic heterocycles. The minimum atomic E-state index is -0.718. The molecular weight excluding hydrogens is 444 g/mol. The summed E-state index contributed by atoms with van der Waals surface area (Å²) in [4.78, 5) is 42.0. The Balaban J connectivity index is 1.92. The third-order valence-corrected chi connectivity index (χ3v) is 5.76. The highest BCUT2D eigenvalue weighted by molar-refractivity contribution is 6.31. The van der Waals surface area contributed by atoms with Crippen LogP contribution in [0.25, 0.3) is 0 Å². The van der Waals surface area contributed by atoms with Gasteiger partial charge in [-0.05, 0) is 36.1 Å². The molecular formula is C24H27ClN4O4. The Morgan fingerprint density at radius 3 is 2.55 bits per heavy atom. The highest BCUT2D eigenvalue weighted by Crippen LogP contribution is 2.21. The van der Waals surface area contributed by atoms with Gasteiger partial charge in [0.2, 0.25) is 5.91 Å². The molecule has 0 aliphatic rings. The third-order valence-electron chi connectivity index (χ3n) is 5.35. The lowest BCUT2D eigenvalue weighted by molar-refractivity contribution is -0.118. The number of nitrogens with one attached hydrogen (secondary N) is 1. The van der Waals surface area contributed by atoms with Gasteiger partial charge in [-0.3, -0.25) is 19.1 Å². The maximum Gasteiger partial charge on any atom is 0.330 e. The fraction of sp³-hybridized carbons (Fsp3) is 0.292. The van der Waals surface area contributed by atoms with Crippen molar-refractivity contribution in [2.24, 2.45) is 0 Å². The molecule has 0 unspecified atom stereocenters. The molecule has 8 nitrogen and oxygen atoms in total. The van der Waals surface area contributed by atoms with Crippen LogP contribution in [0.1, 0.15) is 23.1 Å². The number of H-pyrrole nitrogens is 1. The van der Waals surface area contributed by atoms with E-state index in [0.29, 0.717) is 11.4 Å². The average Bonchev–Trinajstić information content (AvgIpc) is 2.80. The number of nitrogens with two attached hydrogens (primary N) is 1. The van der Waals surface area contributed by atoms with E-state index < -0.39 is 11.2 Å². The lowest BCUT2D eigenvalue weighted by atomic mass is 10.1. The quantitative estimate of drug-likeness (QED) is 0.499. The second-order valence-electron chi connectivity index (χ2n) is 7.69. The molecule has 0 atom stereocenters. The number of halogens is 1. The Labute approximate surface area is 196 Å². The summed E-state index contributed by atoms with van der Waals surface area (Å²) in [5, 5.41) is 0.630. The van der Waals surface area contributed by atoms with Crippen molar-refractivity contribution in [3.8, 4) is 0 Å². The Kier molecular flexibility index (Phi) is 8.08. The van der Waals surface area contributed by atoms with Crippen LogP contribution in [0.3, 0.4) is 0 Å². The van der Waals surface area contributed by atoms with Crippen LogP contribution in [0.5, 0.6) is 0 Å². The highest BCUT2D eigenvalue weighted by atomic mass is 35.5. The first-order valence-electron chi connectivity index (χ1n) is 10.5. The molecule has 0 saturated carbocycles. The molecule has 3 aromatic rings. The Bertz CT molecular complexity index is 1240. The SMILES string of the molecule is COCCN(C(=O)CCc1ccc(C)c(Cl)c1)c1c(N)n(Cc2ccccc2)c(=O)[nH]c1=O. The van der Waals surface area contributed by atoms with Gasteiger partial charge < -0.3 is 15.4 Å². The summed E-state index contributed by atoms with van der Waals surface area (Å²) in [6.07, 6.45) is 0.559. The van der Waals surface area contributed by atoms with Crippen LogP contribution in [0.4, 0.5) is 11.5 Å². The maximum atomic E-state index is 13.2. The second kappa shape index (κ2) is 11.0. The van der Waals surface area contributed by atoms with Crippen LogP contribution in [-0.2, 0) is 22.5 Å². The Hall–Kier alpha value is -3.36. The minimum absolute atomic E-state index is 0.0606. The fourth-order valence-electron chi connectivity index (χ4n) is 3.48. The molecule has 0 bridgehead atoms. The smallest absolute Gasteiger partial charge is 0.330 e. The van der Waals surface area contributed by atoms with Crippen LogP contribution >= 0.6 is 11.6 Å². The zero-order valence-corrected chi connectivity index (χ0v) is 19.4. The van der Waals surface area contributed by atoms with Gasteiger partial charge in [-0.15, -0.1) is 0 Å². The predicted molar refractivity (Wildman–Crippen MR) is 130 cm³/mol. The van der Waals surface area contributed by atoms with E-state index in [1.165, 1.54) is 16.6 Å². The van der Waals surface area contributed by atoms with Gasteiger partial charge in [0.25, 0.3) is 5.56 Å². The van der Waals surface area contributed by atoms with E-state index in [-0.39, 0.29) is 43.5 Å². The van der Waals surface area contributed by atoms with E-state index in [9.17, 15) is 14.4 Å².